The van der Waals surface area contributed by atoms with E-state index in [9.17, 15) is 0 Å². The number of hydrogen-bond acceptors (Lipinski definition) is 2. The van der Waals surface area contributed by atoms with Crippen molar-refractivity contribution in [2.24, 2.45) is 21.8 Å². The van der Waals surface area contributed by atoms with E-state index in [1.807, 2.05) is 0 Å². The molecule has 1 aromatic carbocycles. The van der Waals surface area contributed by atoms with Gasteiger partial charge in [-0.1, -0.05) is 33.8 Å². The molecule has 94 valence electrons. The highest BCUT2D eigenvalue weighted by Crippen LogP contribution is 2.38. The van der Waals surface area contributed by atoms with Crippen LogP contribution in [0.1, 0.15) is 38.8 Å². The molecule has 0 spiro atoms. The van der Waals surface area contributed by atoms with Crippen LogP contribution in [0, 0.1) is 11.8 Å². The maximum atomic E-state index is 4.75. The largest absolute Gasteiger partial charge is 0.257 e. The summed E-state index contributed by atoms with van der Waals surface area (Å²) in [7, 11) is 0. The molecule has 0 saturated heterocycles. The van der Waals surface area contributed by atoms with E-state index >= 15 is 0 Å². The molecule has 0 aromatic heterocycles. The number of hydrogen-bond donors (Lipinski definition) is 0. The average molecular weight is 240 g/mol. The minimum absolute atomic E-state index is 0.543. The van der Waals surface area contributed by atoms with Gasteiger partial charge in [0, 0.05) is 24.3 Å². The van der Waals surface area contributed by atoms with Crippen molar-refractivity contribution in [2.75, 3.05) is 0 Å². The predicted octanol–water partition coefficient (Wildman–Crippen LogP) is 4.26. The first kappa shape index (κ1) is 11.6. The second-order valence-electron chi connectivity index (χ2n) is 5.98. The molecule has 3 rings (SSSR count). The van der Waals surface area contributed by atoms with E-state index in [0.29, 0.717) is 11.8 Å². The Bertz CT molecular complexity index is 515. The second-order valence-corrected chi connectivity index (χ2v) is 5.98. The molecule has 0 bridgehead atoms. The molecule has 2 aliphatic heterocycles. The van der Waals surface area contributed by atoms with E-state index in [1.54, 1.807) is 0 Å². The number of fused-ring (bicyclic) bond motifs is 2. The van der Waals surface area contributed by atoms with Gasteiger partial charge in [-0.05, 0) is 29.0 Å². The quantitative estimate of drug-likeness (QED) is 0.738. The van der Waals surface area contributed by atoms with Crippen LogP contribution in [0.3, 0.4) is 0 Å². The monoisotopic (exact) mass is 240 g/mol. The molecular formula is C16H20N2. The Morgan fingerprint density at radius 3 is 1.61 bits per heavy atom. The topological polar surface area (TPSA) is 24.7 Å². The van der Waals surface area contributed by atoms with Gasteiger partial charge in [0.1, 0.15) is 0 Å². The van der Waals surface area contributed by atoms with E-state index in [-0.39, 0.29) is 0 Å². The summed E-state index contributed by atoms with van der Waals surface area (Å²) in [6, 6.07) is 4.50. The third-order valence-electron chi connectivity index (χ3n) is 3.88. The van der Waals surface area contributed by atoms with Crippen molar-refractivity contribution in [1.82, 2.24) is 0 Å². The van der Waals surface area contributed by atoms with Crippen LogP contribution in [0.15, 0.2) is 22.1 Å². The van der Waals surface area contributed by atoms with Gasteiger partial charge in [-0.25, -0.2) is 0 Å². The summed E-state index contributed by atoms with van der Waals surface area (Å²) in [5.74, 6) is 1.09. The number of rotatable bonds is 2. The fourth-order valence-corrected chi connectivity index (χ4v) is 2.61. The second kappa shape index (κ2) is 4.04. The molecule has 2 heterocycles. The highest BCUT2D eigenvalue weighted by atomic mass is 14.8. The van der Waals surface area contributed by atoms with E-state index in [4.69, 9.17) is 9.98 Å². The third kappa shape index (κ3) is 1.80. The molecule has 1 aromatic rings. The van der Waals surface area contributed by atoms with Crippen LogP contribution >= 0.6 is 0 Å². The summed E-state index contributed by atoms with van der Waals surface area (Å²) in [4.78, 5) is 9.49. The van der Waals surface area contributed by atoms with Crippen LogP contribution in [0.4, 0.5) is 11.4 Å². The molecule has 2 heteroatoms. The lowest BCUT2D eigenvalue weighted by Gasteiger charge is -2.04. The highest BCUT2D eigenvalue weighted by molar-refractivity contribution is 5.99. The lowest BCUT2D eigenvalue weighted by Crippen LogP contribution is -2.07. The van der Waals surface area contributed by atoms with Crippen LogP contribution in [-0.4, -0.2) is 11.4 Å². The zero-order chi connectivity index (χ0) is 12.9. The molecule has 0 aliphatic carbocycles. The molecular weight excluding hydrogens is 220 g/mol. The van der Waals surface area contributed by atoms with E-state index in [1.165, 1.54) is 22.6 Å². The Morgan fingerprint density at radius 2 is 1.22 bits per heavy atom. The number of aliphatic imine (C=N–C) groups is 2. The van der Waals surface area contributed by atoms with Crippen LogP contribution < -0.4 is 0 Å². The molecule has 0 N–H and O–H groups in total. The molecule has 2 nitrogen and oxygen atoms in total. The van der Waals surface area contributed by atoms with Gasteiger partial charge in [0.05, 0.1) is 11.4 Å². The normalized spacial score (nSPS) is 17.0. The molecule has 18 heavy (non-hydrogen) atoms. The van der Waals surface area contributed by atoms with Crippen LogP contribution in [-0.2, 0) is 12.8 Å². The van der Waals surface area contributed by atoms with Crippen LogP contribution in [0.5, 0.6) is 0 Å². The predicted molar refractivity (Wildman–Crippen MR) is 77.7 cm³/mol. The van der Waals surface area contributed by atoms with Crippen LogP contribution in [0.25, 0.3) is 0 Å². The Balaban J connectivity index is 1.97. The molecule has 0 radical (unpaired) electrons. The zero-order valence-corrected chi connectivity index (χ0v) is 11.6. The fraction of sp³-hybridized carbons (Fsp3) is 0.500. The molecule has 0 fully saturated rings. The lowest BCUT2D eigenvalue weighted by molar-refractivity contribution is 0.869. The molecule has 0 amide bonds. The van der Waals surface area contributed by atoms with Crippen molar-refractivity contribution in [3.8, 4) is 0 Å². The Kier molecular flexibility index (Phi) is 2.61. The summed E-state index contributed by atoms with van der Waals surface area (Å²) >= 11 is 0. The maximum absolute atomic E-state index is 4.75. The summed E-state index contributed by atoms with van der Waals surface area (Å²) in [5, 5.41) is 0. The van der Waals surface area contributed by atoms with Crippen molar-refractivity contribution in [3.63, 3.8) is 0 Å². The first-order chi connectivity index (χ1) is 8.54. The van der Waals surface area contributed by atoms with Crippen molar-refractivity contribution >= 4 is 22.8 Å². The SMILES string of the molecule is CC(C)C1=Nc2cc3c(cc2C1)CC(C(C)C)=N3. The molecule has 0 atom stereocenters. The summed E-state index contributed by atoms with van der Waals surface area (Å²) in [6.07, 6.45) is 2.05. The highest BCUT2D eigenvalue weighted by Gasteiger charge is 2.23. The van der Waals surface area contributed by atoms with E-state index in [0.717, 1.165) is 24.2 Å². The van der Waals surface area contributed by atoms with Crippen molar-refractivity contribution < 1.29 is 0 Å². The molecule has 0 saturated carbocycles. The smallest absolute Gasteiger partial charge is 0.0686 e. The Hall–Kier alpha value is -1.44. The van der Waals surface area contributed by atoms with Gasteiger partial charge in [-0.15, -0.1) is 0 Å². The average Bonchev–Trinajstić information content (AvgIpc) is 2.87. The first-order valence-electron chi connectivity index (χ1n) is 6.85. The van der Waals surface area contributed by atoms with Gasteiger partial charge in [0.25, 0.3) is 0 Å². The van der Waals surface area contributed by atoms with Gasteiger partial charge in [0.15, 0.2) is 0 Å². The fourth-order valence-electron chi connectivity index (χ4n) is 2.61. The van der Waals surface area contributed by atoms with Gasteiger partial charge in [0.2, 0.25) is 0 Å². The lowest BCUT2D eigenvalue weighted by atomic mass is 9.98. The minimum atomic E-state index is 0.543. The van der Waals surface area contributed by atoms with Crippen LogP contribution in [0.2, 0.25) is 0 Å². The first-order valence-corrected chi connectivity index (χ1v) is 6.85. The summed E-state index contributed by atoms with van der Waals surface area (Å²) in [6.45, 7) is 8.86. The maximum Gasteiger partial charge on any atom is 0.0686 e. The minimum Gasteiger partial charge on any atom is -0.257 e. The van der Waals surface area contributed by atoms with E-state index in [2.05, 4.69) is 39.8 Å². The summed E-state index contributed by atoms with van der Waals surface area (Å²) in [5.41, 5.74) is 7.68. The van der Waals surface area contributed by atoms with E-state index < -0.39 is 0 Å². The molecule has 0 unspecified atom stereocenters. The van der Waals surface area contributed by atoms with Crippen molar-refractivity contribution in [2.45, 2.75) is 40.5 Å². The van der Waals surface area contributed by atoms with Gasteiger partial charge in [-0.2, -0.15) is 0 Å². The third-order valence-corrected chi connectivity index (χ3v) is 3.88. The van der Waals surface area contributed by atoms with Crippen molar-refractivity contribution in [1.29, 1.82) is 0 Å². The standard InChI is InChI=1S/C16H20N2/c1-9(2)13-6-11-5-12-7-14(10(3)4)18-16(12)8-15(11)17-13/h5,8-10H,6-7H2,1-4H3. The number of benzene rings is 1. The van der Waals surface area contributed by atoms with Gasteiger partial charge >= 0.3 is 0 Å². The Labute approximate surface area is 109 Å². The number of nitrogens with zero attached hydrogens (tertiary/aromatic N) is 2. The van der Waals surface area contributed by atoms with Gasteiger partial charge < -0.3 is 0 Å². The van der Waals surface area contributed by atoms with Gasteiger partial charge in [-0.3, -0.25) is 9.98 Å². The zero-order valence-electron chi connectivity index (χ0n) is 11.6. The van der Waals surface area contributed by atoms with Crippen molar-refractivity contribution in [3.05, 3.63) is 23.3 Å². The molecule has 2 aliphatic rings. The Morgan fingerprint density at radius 1 is 0.778 bits per heavy atom. The summed E-state index contributed by atoms with van der Waals surface area (Å²) < 4.78 is 0.